The lowest BCUT2D eigenvalue weighted by molar-refractivity contribution is -0.131. The molecule has 1 aliphatic rings. The number of hydrogen-bond donors (Lipinski definition) is 1. The quantitative estimate of drug-likeness (QED) is 0.499. The number of hydrogen-bond acceptors (Lipinski definition) is 4. The molecule has 3 aromatic carbocycles. The van der Waals surface area contributed by atoms with E-state index >= 15 is 0 Å². The normalized spacial score (nSPS) is 15.1. The monoisotopic (exact) mass is 489 g/mol. The van der Waals surface area contributed by atoms with Gasteiger partial charge in [0, 0.05) is 38.3 Å². The van der Waals surface area contributed by atoms with Crippen LogP contribution < -0.4 is 10.1 Å². The van der Waals surface area contributed by atoms with Gasteiger partial charge in [0.15, 0.2) is 0 Å². The molecule has 2 amide bonds. The highest BCUT2D eigenvalue weighted by molar-refractivity contribution is 5.95. The topological polar surface area (TPSA) is 61.9 Å². The van der Waals surface area contributed by atoms with E-state index in [9.17, 15) is 14.0 Å². The number of nitrogens with one attached hydrogen (secondary N) is 1. The van der Waals surface area contributed by atoms with Crippen LogP contribution in [0, 0.1) is 5.82 Å². The van der Waals surface area contributed by atoms with Crippen LogP contribution in [0.15, 0.2) is 78.9 Å². The first kappa shape index (κ1) is 25.4. The molecule has 1 unspecified atom stereocenters. The molecule has 4 rings (SSSR count). The number of nitrogens with zero attached hydrogens (tertiary/aromatic N) is 2. The molecule has 1 heterocycles. The van der Waals surface area contributed by atoms with Crippen LogP contribution in [0.4, 0.5) is 10.1 Å². The Morgan fingerprint density at radius 1 is 0.917 bits per heavy atom. The predicted molar refractivity (Wildman–Crippen MR) is 138 cm³/mol. The molecule has 0 radical (unpaired) electrons. The first-order valence-corrected chi connectivity index (χ1v) is 12.3. The van der Waals surface area contributed by atoms with E-state index in [1.807, 2.05) is 59.5 Å². The number of carbonyl (C=O) groups is 2. The Labute approximate surface area is 211 Å². The van der Waals surface area contributed by atoms with Crippen LogP contribution in [0.2, 0.25) is 0 Å². The van der Waals surface area contributed by atoms with Crippen molar-refractivity contribution in [1.29, 1.82) is 0 Å². The maximum atomic E-state index is 13.4. The minimum Gasteiger partial charge on any atom is -0.497 e. The average Bonchev–Trinajstić information content (AvgIpc) is 3.16. The van der Waals surface area contributed by atoms with Gasteiger partial charge in [-0.25, -0.2) is 4.39 Å². The van der Waals surface area contributed by atoms with Gasteiger partial charge in [0.25, 0.3) is 0 Å². The molecule has 0 bridgehead atoms. The molecule has 1 saturated heterocycles. The fourth-order valence-electron chi connectivity index (χ4n) is 4.55. The molecule has 1 fully saturated rings. The van der Waals surface area contributed by atoms with Crippen LogP contribution in [0.25, 0.3) is 0 Å². The Balaban J connectivity index is 1.40. The number of aryl methyl sites for hydroxylation is 1. The van der Waals surface area contributed by atoms with Crippen LogP contribution in [0.5, 0.6) is 5.75 Å². The van der Waals surface area contributed by atoms with Gasteiger partial charge >= 0.3 is 0 Å². The fourth-order valence-corrected chi connectivity index (χ4v) is 4.55. The number of methoxy groups -OCH3 is 1. The highest BCUT2D eigenvalue weighted by Gasteiger charge is 2.30. The number of benzene rings is 3. The molecule has 7 heteroatoms. The van der Waals surface area contributed by atoms with Crippen molar-refractivity contribution in [3.63, 3.8) is 0 Å². The predicted octanol–water partition coefficient (Wildman–Crippen LogP) is 4.68. The van der Waals surface area contributed by atoms with Gasteiger partial charge in [0.1, 0.15) is 17.6 Å². The number of amides is 2. The Bertz CT molecular complexity index is 1140. The van der Waals surface area contributed by atoms with Crippen molar-refractivity contribution in [2.24, 2.45) is 0 Å². The summed E-state index contributed by atoms with van der Waals surface area (Å²) in [6, 6.07) is 22.7. The van der Waals surface area contributed by atoms with Crippen LogP contribution in [0.3, 0.4) is 0 Å². The highest BCUT2D eigenvalue weighted by Crippen LogP contribution is 2.25. The minimum atomic E-state index is -0.509. The van der Waals surface area contributed by atoms with Crippen LogP contribution in [-0.4, -0.2) is 54.9 Å². The third kappa shape index (κ3) is 6.70. The van der Waals surface area contributed by atoms with Crippen molar-refractivity contribution >= 4 is 17.5 Å². The summed E-state index contributed by atoms with van der Waals surface area (Å²) >= 11 is 0. The lowest BCUT2D eigenvalue weighted by Gasteiger charge is -2.30. The van der Waals surface area contributed by atoms with Gasteiger partial charge in [-0.1, -0.05) is 42.5 Å². The van der Waals surface area contributed by atoms with Crippen molar-refractivity contribution in [2.75, 3.05) is 38.6 Å². The number of rotatable bonds is 8. The van der Waals surface area contributed by atoms with Gasteiger partial charge in [-0.05, 0) is 60.4 Å². The Hall–Kier alpha value is -3.71. The summed E-state index contributed by atoms with van der Waals surface area (Å²) in [5.74, 6) is 0.401. The van der Waals surface area contributed by atoms with Gasteiger partial charge in [-0.15, -0.1) is 0 Å². The van der Waals surface area contributed by atoms with Crippen molar-refractivity contribution < 1.29 is 18.7 Å². The summed E-state index contributed by atoms with van der Waals surface area (Å²) in [7, 11) is 1.63. The van der Waals surface area contributed by atoms with E-state index in [0.717, 1.165) is 23.3 Å². The smallest absolute Gasteiger partial charge is 0.246 e. The van der Waals surface area contributed by atoms with Crippen molar-refractivity contribution in [3.8, 4) is 5.75 Å². The molecule has 6 nitrogen and oxygen atoms in total. The summed E-state index contributed by atoms with van der Waals surface area (Å²) < 4.78 is 18.5. The molecular formula is C29H32FN3O3. The number of anilines is 1. The lowest BCUT2D eigenvalue weighted by atomic mass is 10.0. The summed E-state index contributed by atoms with van der Waals surface area (Å²) in [5, 5.41) is 2.93. The van der Waals surface area contributed by atoms with E-state index in [1.54, 1.807) is 19.2 Å². The van der Waals surface area contributed by atoms with E-state index in [0.29, 0.717) is 44.7 Å². The maximum absolute atomic E-state index is 13.4. The molecule has 0 saturated carbocycles. The molecular weight excluding hydrogens is 457 g/mol. The number of halogens is 1. The molecule has 0 aliphatic carbocycles. The Kier molecular flexibility index (Phi) is 8.68. The standard InChI is InChI=1S/C29H32FN3O3/c1-36-26-15-8-22(9-16-26)10-17-27(34)32-18-5-19-33(21-20-32)28(23-6-3-2-4-7-23)29(35)31-25-13-11-24(30)12-14-25/h2-4,6-9,11-16,28H,5,10,17-21H2,1H3,(H,31,35). The van der Waals surface area contributed by atoms with Gasteiger partial charge in [0.2, 0.25) is 11.8 Å². The second-order valence-corrected chi connectivity index (χ2v) is 8.93. The van der Waals surface area contributed by atoms with E-state index in [4.69, 9.17) is 4.74 Å². The van der Waals surface area contributed by atoms with Gasteiger partial charge in [-0.3, -0.25) is 14.5 Å². The first-order valence-electron chi connectivity index (χ1n) is 12.3. The molecule has 0 aromatic heterocycles. The maximum Gasteiger partial charge on any atom is 0.246 e. The highest BCUT2D eigenvalue weighted by atomic mass is 19.1. The number of carbonyl (C=O) groups excluding carboxylic acids is 2. The average molecular weight is 490 g/mol. The van der Waals surface area contributed by atoms with E-state index < -0.39 is 6.04 Å². The van der Waals surface area contributed by atoms with E-state index in [1.165, 1.54) is 12.1 Å². The zero-order valence-corrected chi connectivity index (χ0v) is 20.5. The third-order valence-electron chi connectivity index (χ3n) is 6.51. The lowest BCUT2D eigenvalue weighted by Crippen LogP contribution is -2.40. The molecule has 1 N–H and O–H groups in total. The second kappa shape index (κ2) is 12.3. The van der Waals surface area contributed by atoms with E-state index in [2.05, 4.69) is 10.2 Å². The van der Waals surface area contributed by atoms with Crippen molar-refractivity contribution in [1.82, 2.24) is 9.80 Å². The third-order valence-corrected chi connectivity index (χ3v) is 6.51. The summed E-state index contributed by atoms with van der Waals surface area (Å²) in [4.78, 5) is 30.4. The van der Waals surface area contributed by atoms with Gasteiger partial charge in [-0.2, -0.15) is 0 Å². The van der Waals surface area contributed by atoms with Crippen molar-refractivity contribution in [3.05, 3.63) is 95.8 Å². The Morgan fingerprint density at radius 3 is 2.33 bits per heavy atom. The molecule has 1 aliphatic heterocycles. The fraction of sp³-hybridized carbons (Fsp3) is 0.310. The largest absolute Gasteiger partial charge is 0.497 e. The van der Waals surface area contributed by atoms with Crippen molar-refractivity contribution in [2.45, 2.75) is 25.3 Å². The summed E-state index contributed by atoms with van der Waals surface area (Å²) in [5.41, 5.74) is 2.53. The van der Waals surface area contributed by atoms with Crippen LogP contribution in [-0.2, 0) is 16.0 Å². The summed E-state index contributed by atoms with van der Waals surface area (Å²) in [6.07, 6.45) is 1.90. The SMILES string of the molecule is COc1ccc(CCC(=O)N2CCCN(C(C(=O)Nc3ccc(F)cc3)c3ccccc3)CC2)cc1. The van der Waals surface area contributed by atoms with E-state index in [-0.39, 0.29) is 17.6 Å². The van der Waals surface area contributed by atoms with Gasteiger partial charge < -0.3 is 15.0 Å². The Morgan fingerprint density at radius 2 is 1.64 bits per heavy atom. The number of ether oxygens (including phenoxy) is 1. The molecule has 3 aromatic rings. The zero-order chi connectivity index (χ0) is 25.3. The molecule has 36 heavy (non-hydrogen) atoms. The summed E-state index contributed by atoms with van der Waals surface area (Å²) in [6.45, 7) is 2.51. The molecule has 0 spiro atoms. The van der Waals surface area contributed by atoms with Crippen LogP contribution in [0.1, 0.15) is 30.0 Å². The first-order chi connectivity index (χ1) is 17.5. The zero-order valence-electron chi connectivity index (χ0n) is 20.5. The molecule has 1 atom stereocenters. The van der Waals surface area contributed by atoms with Gasteiger partial charge in [0.05, 0.1) is 7.11 Å². The minimum absolute atomic E-state index is 0.125. The second-order valence-electron chi connectivity index (χ2n) is 8.93. The van der Waals surface area contributed by atoms with Crippen LogP contribution >= 0.6 is 0 Å². The molecule has 188 valence electrons.